The molecule has 6 nitrogen and oxygen atoms in total. The smallest absolute Gasteiger partial charge is 0.406 e. The fraction of sp³-hybridized carbons (Fsp3) is 0.261. The van der Waals surface area contributed by atoms with Gasteiger partial charge in [-0.2, -0.15) is 0 Å². The molecule has 168 valence electrons. The molecule has 1 aromatic carbocycles. The van der Waals surface area contributed by atoms with Gasteiger partial charge in [-0.25, -0.2) is 4.98 Å². The molecule has 0 aliphatic rings. The lowest BCUT2D eigenvalue weighted by atomic mass is 10.1. The molecule has 0 spiro atoms. The Bertz CT molecular complexity index is 1040. The molecule has 0 saturated carbocycles. The topological polar surface area (TPSA) is 67.4 Å². The van der Waals surface area contributed by atoms with Crippen LogP contribution >= 0.6 is 0 Å². The molecule has 2 heterocycles. The Hall–Kier alpha value is -3.62. The first kappa shape index (κ1) is 23.1. The maximum Gasteiger partial charge on any atom is 0.573 e. The fourth-order valence-corrected chi connectivity index (χ4v) is 3.06. The van der Waals surface area contributed by atoms with Crippen molar-refractivity contribution in [2.75, 3.05) is 23.8 Å². The van der Waals surface area contributed by atoms with E-state index in [1.54, 1.807) is 18.5 Å². The standard InChI is InChI=1S/C23H23F3N4O2/c1-3-4-12-30(2)21-20(16-6-5-11-27-14-16)13-17(15-28-21)22(31)29-18-7-9-19(10-8-18)32-23(24,25)26/h5-11,13-15H,3-4,12H2,1-2H3,(H,29,31). The quantitative estimate of drug-likeness (QED) is 0.495. The number of hydrogen-bond donors (Lipinski definition) is 1. The van der Waals surface area contributed by atoms with Crippen LogP contribution in [0.5, 0.6) is 5.75 Å². The molecule has 9 heteroatoms. The summed E-state index contributed by atoms with van der Waals surface area (Å²) in [5.41, 5.74) is 2.23. The van der Waals surface area contributed by atoms with Crippen molar-refractivity contribution in [2.24, 2.45) is 0 Å². The second-order valence-corrected chi connectivity index (χ2v) is 7.14. The van der Waals surface area contributed by atoms with Gasteiger partial charge in [-0.15, -0.1) is 13.2 Å². The maximum absolute atomic E-state index is 12.8. The lowest BCUT2D eigenvalue weighted by molar-refractivity contribution is -0.274. The molecular weight excluding hydrogens is 421 g/mol. The summed E-state index contributed by atoms with van der Waals surface area (Å²) in [4.78, 5) is 23.5. The molecular formula is C23H23F3N4O2. The fourth-order valence-electron chi connectivity index (χ4n) is 3.06. The van der Waals surface area contributed by atoms with Crippen LogP contribution in [0.15, 0.2) is 61.1 Å². The predicted molar refractivity (Wildman–Crippen MR) is 117 cm³/mol. The zero-order chi connectivity index (χ0) is 23.1. The number of halogens is 3. The van der Waals surface area contributed by atoms with Crippen LogP contribution in [0.3, 0.4) is 0 Å². The number of nitrogens with zero attached hydrogens (tertiary/aromatic N) is 3. The van der Waals surface area contributed by atoms with Gasteiger partial charge in [0.05, 0.1) is 5.56 Å². The van der Waals surface area contributed by atoms with Crippen LogP contribution in [-0.2, 0) is 0 Å². The van der Waals surface area contributed by atoms with E-state index in [4.69, 9.17) is 0 Å². The molecule has 0 bridgehead atoms. The minimum atomic E-state index is -4.77. The number of pyridine rings is 2. The van der Waals surface area contributed by atoms with Crippen LogP contribution in [0.1, 0.15) is 30.1 Å². The highest BCUT2D eigenvalue weighted by atomic mass is 19.4. The molecule has 3 rings (SSSR count). The number of alkyl halides is 3. The second kappa shape index (κ2) is 10.1. The molecule has 0 aliphatic heterocycles. The van der Waals surface area contributed by atoms with Crippen molar-refractivity contribution < 1.29 is 22.7 Å². The van der Waals surface area contributed by atoms with E-state index in [-0.39, 0.29) is 5.75 Å². The van der Waals surface area contributed by atoms with Crippen LogP contribution in [0.4, 0.5) is 24.7 Å². The SMILES string of the molecule is CCCCN(C)c1ncc(C(=O)Nc2ccc(OC(F)(F)F)cc2)cc1-c1cccnc1. The number of rotatable bonds is 8. The lowest BCUT2D eigenvalue weighted by Crippen LogP contribution is -2.21. The molecule has 1 amide bonds. The Morgan fingerprint density at radius 2 is 1.91 bits per heavy atom. The minimum absolute atomic E-state index is 0.312. The van der Waals surface area contributed by atoms with Gasteiger partial charge < -0.3 is 15.0 Å². The van der Waals surface area contributed by atoms with Crippen molar-refractivity contribution in [3.05, 3.63) is 66.6 Å². The average Bonchev–Trinajstić information content (AvgIpc) is 2.78. The summed E-state index contributed by atoms with van der Waals surface area (Å²) in [6.07, 6.45) is 2.12. The minimum Gasteiger partial charge on any atom is -0.406 e. The summed E-state index contributed by atoms with van der Waals surface area (Å²) in [5, 5.41) is 2.66. The van der Waals surface area contributed by atoms with Gasteiger partial charge in [-0.1, -0.05) is 19.4 Å². The van der Waals surface area contributed by atoms with Crippen LogP contribution in [0, 0.1) is 0 Å². The normalized spacial score (nSPS) is 11.2. The molecule has 0 unspecified atom stereocenters. The van der Waals surface area contributed by atoms with Crippen LogP contribution in [0.25, 0.3) is 11.1 Å². The van der Waals surface area contributed by atoms with Crippen molar-refractivity contribution >= 4 is 17.4 Å². The monoisotopic (exact) mass is 444 g/mol. The van der Waals surface area contributed by atoms with E-state index >= 15 is 0 Å². The van der Waals surface area contributed by atoms with Gasteiger partial charge in [0.1, 0.15) is 11.6 Å². The number of ether oxygens (including phenoxy) is 1. The van der Waals surface area contributed by atoms with Gasteiger partial charge in [-0.3, -0.25) is 9.78 Å². The van der Waals surface area contributed by atoms with E-state index in [0.717, 1.165) is 48.5 Å². The highest BCUT2D eigenvalue weighted by molar-refractivity contribution is 6.05. The van der Waals surface area contributed by atoms with Gasteiger partial charge in [0.25, 0.3) is 5.91 Å². The first-order valence-corrected chi connectivity index (χ1v) is 10.1. The average molecular weight is 444 g/mol. The van der Waals surface area contributed by atoms with E-state index in [1.165, 1.54) is 18.3 Å². The van der Waals surface area contributed by atoms with Crippen LogP contribution in [0.2, 0.25) is 0 Å². The molecule has 0 saturated heterocycles. The largest absolute Gasteiger partial charge is 0.573 e. The predicted octanol–water partition coefficient (Wildman–Crippen LogP) is 5.53. The molecule has 0 atom stereocenters. The Kier molecular flexibility index (Phi) is 7.29. The summed E-state index contributed by atoms with van der Waals surface area (Å²) in [6, 6.07) is 10.4. The number of nitrogens with one attached hydrogen (secondary N) is 1. The first-order valence-electron chi connectivity index (χ1n) is 10.1. The van der Waals surface area contributed by atoms with Gasteiger partial charge in [0, 0.05) is 49.0 Å². The molecule has 2 aromatic heterocycles. The third-order valence-electron chi connectivity index (χ3n) is 4.66. The van der Waals surface area contributed by atoms with Crippen LogP contribution < -0.4 is 15.0 Å². The lowest BCUT2D eigenvalue weighted by Gasteiger charge is -2.21. The van der Waals surface area contributed by atoms with Crippen molar-refractivity contribution in [3.63, 3.8) is 0 Å². The van der Waals surface area contributed by atoms with Crippen LogP contribution in [-0.4, -0.2) is 35.8 Å². The van der Waals surface area contributed by atoms with E-state index in [9.17, 15) is 18.0 Å². The summed E-state index contributed by atoms with van der Waals surface area (Å²) in [6.45, 7) is 2.92. The maximum atomic E-state index is 12.8. The van der Waals surface area contributed by atoms with E-state index in [1.807, 2.05) is 24.1 Å². The highest BCUT2D eigenvalue weighted by Gasteiger charge is 2.31. The first-order chi connectivity index (χ1) is 15.3. The Morgan fingerprint density at radius 3 is 2.53 bits per heavy atom. The van der Waals surface area contributed by atoms with Gasteiger partial charge in [0.15, 0.2) is 0 Å². The molecule has 3 aromatic rings. The molecule has 0 aliphatic carbocycles. The van der Waals surface area contributed by atoms with E-state index in [2.05, 4.69) is 26.9 Å². The Morgan fingerprint density at radius 1 is 1.16 bits per heavy atom. The number of aromatic nitrogens is 2. The van der Waals surface area contributed by atoms with Crippen molar-refractivity contribution in [1.82, 2.24) is 9.97 Å². The number of amides is 1. The van der Waals surface area contributed by atoms with Gasteiger partial charge >= 0.3 is 6.36 Å². The second-order valence-electron chi connectivity index (χ2n) is 7.14. The summed E-state index contributed by atoms with van der Waals surface area (Å²) < 4.78 is 40.7. The Balaban J connectivity index is 1.83. The van der Waals surface area contributed by atoms with E-state index < -0.39 is 12.3 Å². The number of unbranched alkanes of at least 4 members (excludes halogenated alkanes) is 1. The summed E-state index contributed by atoms with van der Waals surface area (Å²) >= 11 is 0. The van der Waals surface area contributed by atoms with Crippen molar-refractivity contribution in [3.8, 4) is 16.9 Å². The van der Waals surface area contributed by atoms with Crippen molar-refractivity contribution in [2.45, 2.75) is 26.1 Å². The molecule has 32 heavy (non-hydrogen) atoms. The molecule has 0 radical (unpaired) electrons. The summed E-state index contributed by atoms with van der Waals surface area (Å²) in [5.74, 6) is -0.0676. The Labute approximate surface area is 184 Å². The van der Waals surface area contributed by atoms with Crippen molar-refractivity contribution in [1.29, 1.82) is 0 Å². The zero-order valence-electron chi connectivity index (χ0n) is 17.7. The number of hydrogen-bond acceptors (Lipinski definition) is 5. The third kappa shape index (κ3) is 6.19. The third-order valence-corrected chi connectivity index (χ3v) is 4.66. The number of carbonyl (C=O) groups excluding carboxylic acids is 1. The zero-order valence-corrected chi connectivity index (χ0v) is 17.7. The highest BCUT2D eigenvalue weighted by Crippen LogP contribution is 2.30. The van der Waals surface area contributed by atoms with Gasteiger partial charge in [-0.05, 0) is 42.8 Å². The number of carbonyl (C=O) groups is 1. The van der Waals surface area contributed by atoms with E-state index in [0.29, 0.717) is 11.3 Å². The number of anilines is 2. The molecule has 1 N–H and O–H groups in total. The summed E-state index contributed by atoms with van der Waals surface area (Å²) in [7, 11) is 1.95. The van der Waals surface area contributed by atoms with Gasteiger partial charge in [0.2, 0.25) is 0 Å². The number of benzene rings is 1. The molecule has 0 fully saturated rings.